The predicted octanol–water partition coefficient (Wildman–Crippen LogP) is 7.81. The molecule has 0 amide bonds. The van der Waals surface area contributed by atoms with Crippen molar-refractivity contribution in [2.45, 2.75) is 52.1 Å². The minimum atomic E-state index is -0.0623. The van der Waals surface area contributed by atoms with E-state index in [1.807, 2.05) is 43.3 Å². The minimum Gasteiger partial charge on any atom is -0.490 e. The number of fused-ring (bicyclic) bond motifs is 3. The number of thiophene rings is 1. The van der Waals surface area contributed by atoms with Crippen LogP contribution in [0.1, 0.15) is 48.6 Å². The number of benzene rings is 2. The summed E-state index contributed by atoms with van der Waals surface area (Å²) in [4.78, 5) is 23.3. The average molecular weight is 618 g/mol. The van der Waals surface area contributed by atoms with Crippen LogP contribution in [0.3, 0.4) is 0 Å². The van der Waals surface area contributed by atoms with Crippen LogP contribution in [0.5, 0.6) is 11.5 Å². The van der Waals surface area contributed by atoms with Crippen molar-refractivity contribution in [2.24, 2.45) is 0 Å². The van der Waals surface area contributed by atoms with Crippen LogP contribution in [0.4, 0.5) is 0 Å². The van der Waals surface area contributed by atoms with Gasteiger partial charge in [0, 0.05) is 14.9 Å². The third kappa shape index (κ3) is 5.34. The molecule has 0 bridgehead atoms. The van der Waals surface area contributed by atoms with E-state index < -0.39 is 0 Å². The van der Waals surface area contributed by atoms with Crippen molar-refractivity contribution in [3.05, 3.63) is 71.7 Å². The van der Waals surface area contributed by atoms with Gasteiger partial charge in [-0.05, 0) is 83.9 Å². The van der Waals surface area contributed by atoms with E-state index in [1.165, 1.54) is 29.7 Å². The van der Waals surface area contributed by atoms with Crippen LogP contribution in [0.25, 0.3) is 21.6 Å². The Balaban J connectivity index is 1.50. The van der Waals surface area contributed by atoms with E-state index in [9.17, 15) is 4.79 Å². The maximum absolute atomic E-state index is 13.2. The molecule has 5 nitrogen and oxygen atoms in total. The highest BCUT2D eigenvalue weighted by Gasteiger charge is 2.20. The van der Waals surface area contributed by atoms with Crippen molar-refractivity contribution in [3.63, 3.8) is 0 Å². The van der Waals surface area contributed by atoms with Crippen LogP contribution in [-0.4, -0.2) is 16.6 Å². The Morgan fingerprint density at radius 3 is 2.57 bits per heavy atom. The summed E-state index contributed by atoms with van der Waals surface area (Å²) < 4.78 is 13.8. The predicted molar refractivity (Wildman–Crippen MR) is 149 cm³/mol. The first kappa shape index (κ1) is 24.5. The van der Waals surface area contributed by atoms with Gasteiger partial charge in [0.1, 0.15) is 17.3 Å². The van der Waals surface area contributed by atoms with Gasteiger partial charge in [0.15, 0.2) is 11.5 Å². The smallest absolute Gasteiger partial charge is 0.260 e. The molecule has 0 saturated carbocycles. The molecule has 0 spiro atoms. The monoisotopic (exact) mass is 616 g/mol. The van der Waals surface area contributed by atoms with Gasteiger partial charge >= 0.3 is 0 Å². The summed E-state index contributed by atoms with van der Waals surface area (Å²) in [6.07, 6.45) is 6.79. The summed E-state index contributed by atoms with van der Waals surface area (Å²) >= 11 is 8.78. The maximum atomic E-state index is 13.2. The Kier molecular flexibility index (Phi) is 7.60. The molecule has 182 valence electrons. The van der Waals surface area contributed by atoms with Crippen LogP contribution in [-0.2, 0) is 19.4 Å². The van der Waals surface area contributed by atoms with E-state index in [1.54, 1.807) is 11.3 Å². The highest BCUT2D eigenvalue weighted by molar-refractivity contribution is 9.10. The van der Waals surface area contributed by atoms with Gasteiger partial charge in [0.25, 0.3) is 5.56 Å². The van der Waals surface area contributed by atoms with Crippen molar-refractivity contribution in [1.29, 1.82) is 0 Å². The second-order valence-corrected chi connectivity index (χ2v) is 11.5. The lowest BCUT2D eigenvalue weighted by Gasteiger charge is -2.15. The second kappa shape index (κ2) is 10.8. The molecule has 0 unspecified atom stereocenters. The number of ether oxygens (including phenoxy) is 2. The zero-order valence-corrected chi connectivity index (χ0v) is 23.4. The molecule has 0 radical (unpaired) electrons. The topological polar surface area (TPSA) is 64.2 Å². The van der Waals surface area contributed by atoms with E-state index in [-0.39, 0.29) is 5.56 Å². The third-order valence-corrected chi connectivity index (χ3v) is 8.51. The number of aromatic nitrogens is 2. The Morgan fingerprint density at radius 2 is 1.80 bits per heavy atom. The fraction of sp³-hybridized carbons (Fsp3) is 0.333. The van der Waals surface area contributed by atoms with E-state index in [0.29, 0.717) is 30.5 Å². The number of hydrogen-bond acceptors (Lipinski definition) is 5. The van der Waals surface area contributed by atoms with E-state index in [4.69, 9.17) is 14.5 Å². The van der Waals surface area contributed by atoms with Crippen molar-refractivity contribution >= 4 is 53.4 Å². The van der Waals surface area contributed by atoms with Gasteiger partial charge in [-0.15, -0.1) is 11.3 Å². The van der Waals surface area contributed by atoms with E-state index in [2.05, 4.69) is 36.8 Å². The van der Waals surface area contributed by atoms with Crippen LogP contribution in [0.15, 0.2) is 50.1 Å². The van der Waals surface area contributed by atoms with Gasteiger partial charge in [-0.2, -0.15) is 0 Å². The third-order valence-electron chi connectivity index (χ3n) is 6.20. The van der Waals surface area contributed by atoms with Gasteiger partial charge in [-0.25, -0.2) is 4.98 Å². The minimum absolute atomic E-state index is 0.0623. The maximum Gasteiger partial charge on any atom is 0.260 e. The molecule has 1 aliphatic rings. The summed E-state index contributed by atoms with van der Waals surface area (Å²) in [5.74, 6) is 1.77. The van der Waals surface area contributed by atoms with Crippen LogP contribution in [0, 0.1) is 0 Å². The van der Waals surface area contributed by atoms with Crippen molar-refractivity contribution in [2.75, 3.05) is 6.61 Å². The van der Waals surface area contributed by atoms with E-state index >= 15 is 0 Å². The molecule has 0 atom stereocenters. The number of aromatic amines is 1. The molecule has 1 N–H and O–H groups in total. The molecule has 5 rings (SSSR count). The van der Waals surface area contributed by atoms with Crippen molar-refractivity contribution in [1.82, 2.24) is 9.97 Å². The number of rotatable bonds is 6. The van der Waals surface area contributed by atoms with Gasteiger partial charge in [0.2, 0.25) is 0 Å². The quantitative estimate of drug-likeness (QED) is 0.240. The molecule has 0 saturated heterocycles. The summed E-state index contributed by atoms with van der Waals surface area (Å²) in [6, 6.07) is 11.8. The number of hydrogen-bond donors (Lipinski definition) is 1. The normalized spacial score (nSPS) is 13.8. The molecule has 35 heavy (non-hydrogen) atoms. The first-order chi connectivity index (χ1) is 17.0. The zero-order chi connectivity index (χ0) is 24.4. The largest absolute Gasteiger partial charge is 0.490 e. The number of aryl methyl sites for hydroxylation is 2. The van der Waals surface area contributed by atoms with Gasteiger partial charge in [-0.1, -0.05) is 40.9 Å². The lowest BCUT2D eigenvalue weighted by atomic mass is 9.98. The summed E-state index contributed by atoms with van der Waals surface area (Å²) in [6.45, 7) is 2.84. The zero-order valence-electron chi connectivity index (χ0n) is 19.5. The Hall–Kier alpha value is -2.16. The molecular weight excluding hydrogens is 592 g/mol. The molecule has 2 aromatic heterocycles. The highest BCUT2D eigenvalue weighted by Crippen LogP contribution is 2.40. The van der Waals surface area contributed by atoms with Crippen molar-refractivity contribution < 1.29 is 9.47 Å². The Morgan fingerprint density at radius 1 is 1.03 bits per heavy atom. The molecule has 2 heterocycles. The van der Waals surface area contributed by atoms with Gasteiger partial charge in [-0.3, -0.25) is 4.79 Å². The SMILES string of the molecule is CCOc1cc(-c2nc3sc4c(c3c(=O)[nH]2)CCCCCC4)cc(Br)c1OCc1ccc(Br)cc1. The van der Waals surface area contributed by atoms with Gasteiger partial charge < -0.3 is 14.5 Å². The number of H-pyrrole nitrogens is 1. The van der Waals surface area contributed by atoms with Gasteiger partial charge in [0.05, 0.1) is 16.5 Å². The van der Waals surface area contributed by atoms with Crippen LogP contribution >= 0.6 is 43.2 Å². The lowest BCUT2D eigenvalue weighted by molar-refractivity contribution is 0.268. The van der Waals surface area contributed by atoms with E-state index in [0.717, 1.165) is 49.6 Å². The standard InChI is InChI=1S/C27H26Br2N2O3S/c1-2-33-21-14-17(13-20(29)24(21)34-15-16-9-11-18(28)12-10-16)25-30-26(32)23-19-7-5-3-4-6-8-22(19)35-27(23)31-25/h9-14H,2-8,15H2,1H3,(H,30,31,32). The molecule has 1 aliphatic carbocycles. The molecule has 8 heteroatoms. The molecule has 0 aliphatic heterocycles. The number of halogens is 2. The first-order valence-electron chi connectivity index (χ1n) is 11.9. The average Bonchev–Trinajstić information content (AvgIpc) is 3.16. The molecule has 0 fully saturated rings. The fourth-order valence-electron chi connectivity index (χ4n) is 4.50. The number of nitrogens with zero attached hydrogens (tertiary/aromatic N) is 1. The van der Waals surface area contributed by atoms with Crippen LogP contribution < -0.4 is 15.0 Å². The summed E-state index contributed by atoms with van der Waals surface area (Å²) in [7, 11) is 0. The lowest BCUT2D eigenvalue weighted by Crippen LogP contribution is -2.11. The molecule has 4 aromatic rings. The summed E-state index contributed by atoms with van der Waals surface area (Å²) in [5.41, 5.74) is 2.97. The second-order valence-electron chi connectivity index (χ2n) is 8.65. The fourth-order valence-corrected chi connectivity index (χ4v) is 6.58. The molecular formula is C27H26Br2N2O3S. The Labute approximate surface area is 225 Å². The Bertz CT molecular complexity index is 1410. The van der Waals surface area contributed by atoms with Crippen molar-refractivity contribution in [3.8, 4) is 22.9 Å². The number of nitrogens with one attached hydrogen (secondary N) is 1. The highest BCUT2D eigenvalue weighted by atomic mass is 79.9. The summed E-state index contributed by atoms with van der Waals surface area (Å²) in [5, 5.41) is 0.772. The van der Waals surface area contributed by atoms with Crippen LogP contribution in [0.2, 0.25) is 0 Å². The first-order valence-corrected chi connectivity index (χ1v) is 14.3. The molecule has 2 aromatic carbocycles.